The number of nitrogens with zero attached hydrogens (tertiary/aromatic N) is 2. The topological polar surface area (TPSA) is 70.5 Å². The number of ketones is 1. The maximum Gasteiger partial charge on any atom is 0.294 e. The van der Waals surface area contributed by atoms with Crippen molar-refractivity contribution in [2.75, 3.05) is 4.90 Å². The van der Waals surface area contributed by atoms with E-state index < -0.39 is 35.1 Å². The van der Waals surface area contributed by atoms with Crippen LogP contribution in [-0.4, -0.2) is 21.8 Å². The Balaban J connectivity index is 1.89. The van der Waals surface area contributed by atoms with E-state index in [0.29, 0.717) is 10.4 Å². The predicted octanol–water partition coefficient (Wildman–Crippen LogP) is 4.20. The van der Waals surface area contributed by atoms with Crippen molar-refractivity contribution in [1.29, 1.82) is 0 Å². The van der Waals surface area contributed by atoms with E-state index in [1.807, 2.05) is 0 Å². The Hall–Kier alpha value is -3.39. The maximum absolute atomic E-state index is 13.8. The number of rotatable bonds is 4. The second-order valence-electron chi connectivity index (χ2n) is 6.03. The molecule has 1 amide bonds. The molecule has 0 radical (unpaired) electrons. The maximum atomic E-state index is 13.8. The first-order chi connectivity index (χ1) is 13.5. The van der Waals surface area contributed by atoms with Crippen molar-refractivity contribution >= 4 is 28.7 Å². The molecule has 0 saturated heterocycles. The summed E-state index contributed by atoms with van der Waals surface area (Å²) in [4.78, 5) is 31.2. The number of aliphatic hydroxyl groups excluding tert-OH is 1. The van der Waals surface area contributed by atoms with Gasteiger partial charge in [-0.1, -0.05) is 12.1 Å². The van der Waals surface area contributed by atoms with Crippen LogP contribution in [0.15, 0.2) is 71.6 Å². The molecule has 1 atom stereocenters. The Kier molecular flexibility index (Phi) is 4.48. The minimum absolute atomic E-state index is 0.0123. The molecular formula is C20H12F2N2O3S. The fourth-order valence-corrected chi connectivity index (χ4v) is 3.81. The van der Waals surface area contributed by atoms with Crippen LogP contribution in [0, 0.1) is 11.6 Å². The number of anilines is 1. The van der Waals surface area contributed by atoms with Gasteiger partial charge in [0.2, 0.25) is 5.78 Å². The smallest absolute Gasteiger partial charge is 0.294 e. The summed E-state index contributed by atoms with van der Waals surface area (Å²) in [6.07, 6.45) is 2.97. The van der Waals surface area contributed by atoms with Crippen LogP contribution in [0.25, 0.3) is 0 Å². The number of aliphatic hydroxyl groups is 1. The van der Waals surface area contributed by atoms with Gasteiger partial charge in [-0.05, 0) is 35.2 Å². The van der Waals surface area contributed by atoms with Crippen LogP contribution < -0.4 is 4.90 Å². The van der Waals surface area contributed by atoms with Crippen molar-refractivity contribution in [3.8, 4) is 0 Å². The fraction of sp³-hybridized carbons (Fsp3) is 0.0500. The van der Waals surface area contributed by atoms with Crippen molar-refractivity contribution in [3.05, 3.63) is 93.6 Å². The lowest BCUT2D eigenvalue weighted by atomic mass is 9.96. The summed E-state index contributed by atoms with van der Waals surface area (Å²) in [6.45, 7) is 0. The number of thiophene rings is 1. The molecule has 3 heterocycles. The first-order valence-corrected chi connectivity index (χ1v) is 9.07. The molecule has 0 spiro atoms. The molecule has 5 nitrogen and oxygen atoms in total. The Morgan fingerprint density at radius 1 is 1.14 bits per heavy atom. The third kappa shape index (κ3) is 2.87. The van der Waals surface area contributed by atoms with Gasteiger partial charge in [0.15, 0.2) is 17.4 Å². The molecule has 0 saturated carbocycles. The Bertz CT molecular complexity index is 1100. The molecular weight excluding hydrogens is 386 g/mol. The molecule has 1 aliphatic rings. The zero-order valence-electron chi connectivity index (χ0n) is 14.2. The molecule has 3 aromatic rings. The minimum Gasteiger partial charge on any atom is -0.503 e. The molecule has 0 fully saturated rings. The van der Waals surface area contributed by atoms with E-state index in [4.69, 9.17) is 0 Å². The highest BCUT2D eigenvalue weighted by molar-refractivity contribution is 7.12. The third-order valence-electron chi connectivity index (χ3n) is 4.38. The van der Waals surface area contributed by atoms with Gasteiger partial charge in [-0.25, -0.2) is 8.78 Å². The number of halogens is 2. The summed E-state index contributed by atoms with van der Waals surface area (Å²) in [7, 11) is 0. The molecule has 2 aromatic heterocycles. The first kappa shape index (κ1) is 18.0. The predicted molar refractivity (Wildman–Crippen MR) is 99.1 cm³/mol. The number of amides is 1. The number of Topliss-reactive ketones (excluding diaryl/α,β-unsaturated/α-hetero) is 1. The van der Waals surface area contributed by atoms with E-state index in [1.165, 1.54) is 29.8 Å². The van der Waals surface area contributed by atoms with E-state index in [9.17, 15) is 23.5 Å². The Morgan fingerprint density at radius 3 is 2.61 bits per heavy atom. The van der Waals surface area contributed by atoms with E-state index in [1.54, 1.807) is 29.6 Å². The van der Waals surface area contributed by atoms with Crippen LogP contribution in [-0.2, 0) is 4.79 Å². The lowest BCUT2D eigenvalue weighted by molar-refractivity contribution is -0.117. The van der Waals surface area contributed by atoms with Gasteiger partial charge in [-0.15, -0.1) is 11.3 Å². The van der Waals surface area contributed by atoms with E-state index in [2.05, 4.69) is 4.98 Å². The minimum atomic E-state index is -1.15. The van der Waals surface area contributed by atoms with E-state index in [-0.39, 0.29) is 11.3 Å². The van der Waals surface area contributed by atoms with Gasteiger partial charge in [0.05, 0.1) is 16.5 Å². The summed E-state index contributed by atoms with van der Waals surface area (Å²) in [5.41, 5.74) is 0.327. The van der Waals surface area contributed by atoms with Gasteiger partial charge >= 0.3 is 0 Å². The summed E-state index contributed by atoms with van der Waals surface area (Å²) >= 11 is 1.17. The highest BCUT2D eigenvalue weighted by Gasteiger charge is 2.45. The molecule has 1 aliphatic heterocycles. The number of aromatic nitrogens is 1. The summed E-state index contributed by atoms with van der Waals surface area (Å²) in [6, 6.07) is 8.43. The largest absolute Gasteiger partial charge is 0.503 e. The number of carbonyl (C=O) groups excluding carboxylic acids is 2. The van der Waals surface area contributed by atoms with Gasteiger partial charge < -0.3 is 5.11 Å². The van der Waals surface area contributed by atoms with Crippen LogP contribution in [0.4, 0.5) is 14.5 Å². The van der Waals surface area contributed by atoms with Crippen molar-refractivity contribution in [1.82, 2.24) is 4.98 Å². The summed E-state index contributed by atoms with van der Waals surface area (Å²) in [5, 5.41) is 12.2. The number of hydrogen-bond acceptors (Lipinski definition) is 5. The molecule has 1 unspecified atom stereocenters. The second kappa shape index (κ2) is 6.97. The molecule has 1 aromatic carbocycles. The Morgan fingerprint density at radius 2 is 1.96 bits per heavy atom. The molecule has 1 N–H and O–H groups in total. The summed E-state index contributed by atoms with van der Waals surface area (Å²) < 4.78 is 27.2. The monoisotopic (exact) mass is 398 g/mol. The number of pyridine rings is 1. The van der Waals surface area contributed by atoms with Crippen molar-refractivity contribution in [2.24, 2.45) is 0 Å². The second-order valence-corrected chi connectivity index (χ2v) is 6.98. The van der Waals surface area contributed by atoms with Crippen LogP contribution in [0.3, 0.4) is 0 Å². The zero-order valence-corrected chi connectivity index (χ0v) is 15.0. The highest BCUT2D eigenvalue weighted by atomic mass is 32.1. The Labute approximate surface area is 162 Å². The first-order valence-electron chi connectivity index (χ1n) is 8.19. The fourth-order valence-electron chi connectivity index (χ4n) is 3.13. The SMILES string of the molecule is O=C(C1=C(O)C(=O)N(c2ccc(F)c(F)c2)C1c1cccnc1)c1cccs1. The van der Waals surface area contributed by atoms with Crippen molar-refractivity contribution < 1.29 is 23.5 Å². The van der Waals surface area contributed by atoms with Crippen LogP contribution >= 0.6 is 11.3 Å². The van der Waals surface area contributed by atoms with Gasteiger partial charge in [-0.3, -0.25) is 19.5 Å². The normalized spacial score (nSPS) is 16.7. The van der Waals surface area contributed by atoms with E-state index >= 15 is 0 Å². The molecule has 4 rings (SSSR count). The average Bonchev–Trinajstić information content (AvgIpc) is 3.32. The van der Waals surface area contributed by atoms with Gasteiger partial charge in [0.25, 0.3) is 5.91 Å². The van der Waals surface area contributed by atoms with Crippen LogP contribution in [0.2, 0.25) is 0 Å². The number of carbonyl (C=O) groups is 2. The quantitative estimate of drug-likeness (QED) is 0.669. The number of hydrogen-bond donors (Lipinski definition) is 1. The molecule has 0 aliphatic carbocycles. The van der Waals surface area contributed by atoms with Crippen molar-refractivity contribution in [2.45, 2.75) is 6.04 Å². The third-order valence-corrected chi connectivity index (χ3v) is 5.25. The summed E-state index contributed by atoms with van der Waals surface area (Å²) in [5.74, 6) is -4.33. The van der Waals surface area contributed by atoms with Crippen LogP contribution in [0.1, 0.15) is 21.3 Å². The van der Waals surface area contributed by atoms with E-state index in [0.717, 1.165) is 17.0 Å². The zero-order chi connectivity index (χ0) is 19.8. The average molecular weight is 398 g/mol. The van der Waals surface area contributed by atoms with Gasteiger partial charge in [0, 0.05) is 24.1 Å². The van der Waals surface area contributed by atoms with Crippen LogP contribution in [0.5, 0.6) is 0 Å². The lowest BCUT2D eigenvalue weighted by Gasteiger charge is -2.26. The van der Waals surface area contributed by atoms with Crippen molar-refractivity contribution in [3.63, 3.8) is 0 Å². The van der Waals surface area contributed by atoms with Gasteiger partial charge in [0.1, 0.15) is 0 Å². The molecule has 28 heavy (non-hydrogen) atoms. The molecule has 8 heteroatoms. The number of benzene rings is 1. The van der Waals surface area contributed by atoms with Gasteiger partial charge in [-0.2, -0.15) is 0 Å². The standard InChI is InChI=1S/C20H12F2N2O3S/c21-13-6-5-12(9-14(13)22)24-17(11-3-1-7-23-10-11)16(19(26)20(24)27)18(25)15-4-2-8-28-15/h1-10,17,26H. The lowest BCUT2D eigenvalue weighted by Crippen LogP contribution is -2.31. The molecule has 140 valence electrons. The molecule has 0 bridgehead atoms. The highest BCUT2D eigenvalue weighted by Crippen LogP contribution is 2.42.